The summed E-state index contributed by atoms with van der Waals surface area (Å²) in [5.74, 6) is 2.99. The Bertz CT molecular complexity index is 2660. The van der Waals surface area contributed by atoms with E-state index in [1.165, 1.54) is 297 Å². The molecule has 0 N–H and O–H groups in total. The van der Waals surface area contributed by atoms with E-state index >= 15 is 4.79 Å². The predicted octanol–water partition coefficient (Wildman–Crippen LogP) is 26.6. The molecule has 8 rings (SSSR count). The van der Waals surface area contributed by atoms with Crippen LogP contribution in [0.4, 0.5) is 0 Å². The van der Waals surface area contributed by atoms with Gasteiger partial charge >= 0.3 is 0 Å². The van der Waals surface area contributed by atoms with Gasteiger partial charge in [-0.15, -0.1) is 0 Å². The third-order valence-electron chi connectivity index (χ3n) is 25.4. The summed E-state index contributed by atoms with van der Waals surface area (Å²) >= 11 is 0. The number of Topliss-reactive ketones (excluding diaryl/α,β-unsaturated/α-hetero) is 1. The van der Waals surface area contributed by atoms with Crippen molar-refractivity contribution in [3.8, 4) is 23.0 Å². The van der Waals surface area contributed by atoms with Crippen LogP contribution in [-0.4, -0.2) is 34.0 Å². The molecule has 6 atom stereocenters. The van der Waals surface area contributed by atoms with Gasteiger partial charge in [0.05, 0.1) is 11.0 Å². The molecule has 2 aromatic rings. The Morgan fingerprint density at radius 3 is 0.957 bits per heavy atom. The van der Waals surface area contributed by atoms with Gasteiger partial charge in [0.25, 0.3) is 0 Å². The monoisotopic (exact) mass is 1290 g/mol. The number of fused-ring (bicyclic) bond motifs is 6. The van der Waals surface area contributed by atoms with E-state index < -0.39 is 22.4 Å². The zero-order chi connectivity index (χ0) is 66.4. The van der Waals surface area contributed by atoms with E-state index in [1.54, 1.807) is 0 Å². The molecule has 528 valence electrons. The van der Waals surface area contributed by atoms with Crippen molar-refractivity contribution < 1.29 is 28.5 Å². The molecular formula is C87H144O6. The lowest BCUT2D eigenvalue weighted by Gasteiger charge is -2.67. The maximum atomic E-state index is 16.2. The maximum absolute atomic E-state index is 16.2. The second-order valence-corrected chi connectivity index (χ2v) is 32.9. The lowest BCUT2D eigenvalue weighted by atomic mass is 9.48. The summed E-state index contributed by atoms with van der Waals surface area (Å²) < 4.78 is 38.8. The molecule has 0 aromatic heterocycles. The molecule has 1 spiro atoms. The van der Waals surface area contributed by atoms with Crippen LogP contribution < -0.4 is 18.9 Å². The average molecular weight is 1290 g/mol. The number of carbonyl (C=O) groups is 1. The molecule has 6 heteroatoms. The van der Waals surface area contributed by atoms with E-state index in [0.29, 0.717) is 12.8 Å². The zero-order valence-corrected chi connectivity index (χ0v) is 63.1. The smallest absolute Gasteiger partial charge is 0.244 e. The third-order valence-corrected chi connectivity index (χ3v) is 25.4. The SMILES string of the molecule is CCCCCCCCCCCCCCCCC1(C)CCc2c3c(c(C)c(C)c2O1)O[C@]12O[C@](C)(CCCCCCCCCCCCCCCC)CC[C@]1(C3)[C@]1(CCc3c4c(c(C)c(C)c3O1)OC(C)(CCCCCCCCCCCCCCCC)CC4)C(=O)C(C)=C2C. The Morgan fingerprint density at radius 2 is 0.602 bits per heavy atom. The Morgan fingerprint density at radius 1 is 0.312 bits per heavy atom. The van der Waals surface area contributed by atoms with Gasteiger partial charge in [0, 0.05) is 33.4 Å². The lowest BCUT2D eigenvalue weighted by molar-refractivity contribution is -0.350. The van der Waals surface area contributed by atoms with Crippen molar-refractivity contribution in [2.75, 3.05) is 0 Å². The fraction of sp³-hybridized carbons (Fsp3) is 0.828. The Kier molecular flexibility index (Phi) is 29.9. The topological polar surface area (TPSA) is 63.2 Å². The molecule has 5 aliphatic heterocycles. The van der Waals surface area contributed by atoms with Crippen LogP contribution in [0, 0.1) is 33.1 Å². The number of ketones is 1. The van der Waals surface area contributed by atoms with Gasteiger partial charge in [-0.1, -0.05) is 278 Å². The highest BCUT2D eigenvalue weighted by Crippen LogP contribution is 2.69. The van der Waals surface area contributed by atoms with Crippen LogP contribution in [0.5, 0.6) is 23.0 Å². The minimum Gasteiger partial charge on any atom is -0.487 e. The lowest BCUT2D eigenvalue weighted by Crippen LogP contribution is -2.79. The zero-order valence-electron chi connectivity index (χ0n) is 63.1. The molecule has 0 radical (unpaired) electrons. The Hall–Kier alpha value is -2.99. The first kappa shape index (κ1) is 75.8. The van der Waals surface area contributed by atoms with Crippen LogP contribution in [-0.2, 0) is 35.2 Å². The minimum atomic E-state index is -1.19. The largest absolute Gasteiger partial charge is 0.487 e. The van der Waals surface area contributed by atoms with Crippen LogP contribution in [0.2, 0.25) is 0 Å². The van der Waals surface area contributed by atoms with Gasteiger partial charge in [0.1, 0.15) is 34.2 Å². The van der Waals surface area contributed by atoms with E-state index in [4.69, 9.17) is 23.7 Å². The molecule has 93 heavy (non-hydrogen) atoms. The van der Waals surface area contributed by atoms with Crippen molar-refractivity contribution in [1.29, 1.82) is 0 Å². The van der Waals surface area contributed by atoms with Gasteiger partial charge in [-0.25, -0.2) is 0 Å². The number of unbranched alkanes of at least 4 members (excludes halogenated alkanes) is 39. The summed E-state index contributed by atoms with van der Waals surface area (Å²) in [5.41, 5.74) is 8.61. The van der Waals surface area contributed by atoms with Gasteiger partial charge < -0.3 is 23.7 Å². The average Bonchev–Trinajstić information content (AvgIpc) is 0.657. The summed E-state index contributed by atoms with van der Waals surface area (Å²) in [6, 6.07) is 0. The number of benzene rings is 2. The van der Waals surface area contributed by atoms with Gasteiger partial charge in [-0.3, -0.25) is 4.79 Å². The normalized spacial score (nSPS) is 25.4. The molecule has 2 unspecified atom stereocenters. The number of hydrogen-bond donors (Lipinski definition) is 0. The maximum Gasteiger partial charge on any atom is 0.244 e. The summed E-state index contributed by atoms with van der Waals surface area (Å²) in [5, 5.41) is 0. The molecular weight excluding hydrogens is 1140 g/mol. The highest BCUT2D eigenvalue weighted by Gasteiger charge is 2.78. The fourth-order valence-corrected chi connectivity index (χ4v) is 18.6. The van der Waals surface area contributed by atoms with Crippen molar-refractivity contribution >= 4 is 5.78 Å². The number of ether oxygens (including phenoxy) is 5. The second kappa shape index (κ2) is 36.7. The molecule has 1 aliphatic carbocycles. The predicted molar refractivity (Wildman–Crippen MR) is 395 cm³/mol. The molecule has 0 bridgehead atoms. The van der Waals surface area contributed by atoms with Gasteiger partial charge in [0.15, 0.2) is 5.60 Å². The van der Waals surface area contributed by atoms with Gasteiger partial charge in [-0.05, 0) is 174 Å². The quantitative estimate of drug-likeness (QED) is 0.0616. The Balaban J connectivity index is 0.977. The van der Waals surface area contributed by atoms with E-state index in [2.05, 4.69) is 83.1 Å². The van der Waals surface area contributed by atoms with Crippen LogP contribution >= 0.6 is 0 Å². The summed E-state index contributed by atoms with van der Waals surface area (Å²) in [7, 11) is 0. The van der Waals surface area contributed by atoms with E-state index in [9.17, 15) is 0 Å². The molecule has 0 saturated carbocycles. The van der Waals surface area contributed by atoms with Crippen LogP contribution in [0.1, 0.15) is 421 Å². The van der Waals surface area contributed by atoms with Crippen molar-refractivity contribution in [3.05, 3.63) is 55.7 Å². The highest BCUT2D eigenvalue weighted by atomic mass is 16.7. The third kappa shape index (κ3) is 18.7. The second-order valence-electron chi connectivity index (χ2n) is 32.9. The highest BCUT2D eigenvalue weighted by molar-refractivity contribution is 6.05. The summed E-state index contributed by atoms with van der Waals surface area (Å²) in [4.78, 5) is 16.2. The first-order valence-electron chi connectivity index (χ1n) is 41.0. The van der Waals surface area contributed by atoms with E-state index in [0.717, 1.165) is 116 Å². The van der Waals surface area contributed by atoms with E-state index in [-0.39, 0.29) is 17.0 Å². The fourth-order valence-electron chi connectivity index (χ4n) is 18.6. The first-order chi connectivity index (χ1) is 45.0. The van der Waals surface area contributed by atoms with E-state index in [1.807, 2.05) is 0 Å². The van der Waals surface area contributed by atoms with Gasteiger partial charge in [-0.2, -0.15) is 0 Å². The first-order valence-corrected chi connectivity index (χ1v) is 41.0. The molecule has 1 fully saturated rings. The van der Waals surface area contributed by atoms with Crippen molar-refractivity contribution in [3.63, 3.8) is 0 Å². The molecule has 1 saturated heterocycles. The molecule has 5 heterocycles. The molecule has 2 aromatic carbocycles. The van der Waals surface area contributed by atoms with Crippen molar-refractivity contribution in [2.45, 2.75) is 458 Å². The number of rotatable bonds is 45. The number of carbonyl (C=O) groups excluding carboxylic acids is 1. The standard InChI is InChI=1S/C87H144O6/c1-13-16-19-22-25-28-31-34-37-40-43-46-49-52-58-82(10)61-55-73-74-57-63-86(91-79(74)69(6)67(4)77(73)89-82)81(88)71(8)72(9)87-85(86,65-64-84(12,93-87)60-54-51-48-45-42-39-36-33-30-27-24-21-18-15-3)66-76-75-56-62-83(11,90-78(75)68(5)70(7)80(76)92-87)59-53-50-47-44-41-38-35-32-29-26-23-20-17-14-2/h13-66H2,1-12H3/t82?,83?,84-,85+,86+,87-/m1/s1. The van der Waals surface area contributed by atoms with Crippen LogP contribution in [0.25, 0.3) is 0 Å². The van der Waals surface area contributed by atoms with Crippen LogP contribution in [0.15, 0.2) is 11.1 Å². The summed E-state index contributed by atoms with van der Waals surface area (Å²) in [6.45, 7) is 27.3. The van der Waals surface area contributed by atoms with Gasteiger partial charge in [0.2, 0.25) is 11.6 Å². The van der Waals surface area contributed by atoms with Crippen LogP contribution in [0.3, 0.4) is 0 Å². The summed E-state index contributed by atoms with van der Waals surface area (Å²) in [6.07, 6.45) is 68.1. The van der Waals surface area contributed by atoms with Crippen molar-refractivity contribution in [1.82, 2.24) is 0 Å². The molecule has 6 nitrogen and oxygen atoms in total. The molecule has 0 amide bonds. The molecule has 6 aliphatic rings. The Labute approximate surface area is 573 Å². The minimum absolute atomic E-state index is 0.133. The number of hydrogen-bond acceptors (Lipinski definition) is 6. The van der Waals surface area contributed by atoms with Crippen molar-refractivity contribution in [2.24, 2.45) is 5.41 Å².